The van der Waals surface area contributed by atoms with E-state index in [4.69, 9.17) is 0 Å². The molecule has 140 valence electrons. The third kappa shape index (κ3) is 4.46. The maximum Gasteiger partial charge on any atom is 0.0602 e. The fraction of sp³-hybridized carbons (Fsp3) is 0.348. The molecule has 0 spiro atoms. The monoisotopic (exact) mass is 360 g/mol. The molecule has 0 amide bonds. The molecule has 0 N–H and O–H groups in total. The van der Waals surface area contributed by atoms with Crippen LogP contribution in [0.25, 0.3) is 0 Å². The van der Waals surface area contributed by atoms with Crippen molar-refractivity contribution in [3.8, 4) is 0 Å². The van der Waals surface area contributed by atoms with Gasteiger partial charge in [0.05, 0.1) is 12.2 Å². The van der Waals surface area contributed by atoms with Crippen LogP contribution in [0.1, 0.15) is 22.7 Å². The van der Waals surface area contributed by atoms with Gasteiger partial charge in [-0.2, -0.15) is 5.10 Å². The van der Waals surface area contributed by atoms with Crippen molar-refractivity contribution < 1.29 is 0 Å². The lowest BCUT2D eigenvalue weighted by Crippen LogP contribution is -2.48. The lowest BCUT2D eigenvalue weighted by atomic mass is 9.96. The molecule has 1 aliphatic heterocycles. The minimum absolute atomic E-state index is 0.341. The molecule has 0 aliphatic carbocycles. The third-order valence-electron chi connectivity index (χ3n) is 5.48. The van der Waals surface area contributed by atoms with E-state index in [-0.39, 0.29) is 0 Å². The van der Waals surface area contributed by atoms with E-state index >= 15 is 0 Å². The highest BCUT2D eigenvalue weighted by Crippen LogP contribution is 2.29. The van der Waals surface area contributed by atoms with Crippen LogP contribution in [0.15, 0.2) is 73.1 Å². The number of rotatable bonds is 6. The van der Waals surface area contributed by atoms with Gasteiger partial charge in [0, 0.05) is 46.0 Å². The summed E-state index contributed by atoms with van der Waals surface area (Å²) in [5.41, 5.74) is 4.09. The van der Waals surface area contributed by atoms with Crippen LogP contribution in [0.2, 0.25) is 0 Å². The Hall–Kier alpha value is -2.43. The van der Waals surface area contributed by atoms with Crippen LogP contribution < -0.4 is 0 Å². The average Bonchev–Trinajstić information content (AvgIpc) is 3.14. The Labute approximate surface area is 162 Å². The molecule has 1 saturated heterocycles. The van der Waals surface area contributed by atoms with E-state index in [0.29, 0.717) is 6.04 Å². The first-order valence-electron chi connectivity index (χ1n) is 9.83. The summed E-state index contributed by atoms with van der Waals surface area (Å²) < 4.78 is 1.89. The predicted molar refractivity (Wildman–Crippen MR) is 110 cm³/mol. The second kappa shape index (κ2) is 8.51. The fourth-order valence-corrected chi connectivity index (χ4v) is 4.02. The number of benzene rings is 2. The van der Waals surface area contributed by atoms with E-state index in [1.807, 2.05) is 17.9 Å². The van der Waals surface area contributed by atoms with Crippen molar-refractivity contribution >= 4 is 0 Å². The van der Waals surface area contributed by atoms with Gasteiger partial charge in [-0.1, -0.05) is 60.7 Å². The lowest BCUT2D eigenvalue weighted by Gasteiger charge is -2.39. The van der Waals surface area contributed by atoms with Gasteiger partial charge in [0.25, 0.3) is 0 Å². The largest absolute Gasteiger partial charge is 0.300 e. The fourth-order valence-electron chi connectivity index (χ4n) is 4.02. The van der Waals surface area contributed by atoms with E-state index in [0.717, 1.165) is 39.1 Å². The van der Waals surface area contributed by atoms with Crippen LogP contribution >= 0.6 is 0 Å². The van der Waals surface area contributed by atoms with Crippen LogP contribution in [0.3, 0.4) is 0 Å². The number of aromatic nitrogens is 2. The Kier molecular flexibility index (Phi) is 5.66. The molecule has 2 heterocycles. The van der Waals surface area contributed by atoms with E-state index < -0.39 is 0 Å². The Morgan fingerprint density at radius 3 is 1.96 bits per heavy atom. The van der Waals surface area contributed by atoms with Crippen molar-refractivity contribution in [1.29, 1.82) is 0 Å². The molecule has 1 aromatic heterocycles. The molecule has 0 radical (unpaired) electrons. The summed E-state index contributed by atoms with van der Waals surface area (Å²) in [4.78, 5) is 5.21. The molecule has 4 heteroatoms. The highest BCUT2D eigenvalue weighted by atomic mass is 15.3. The first-order chi connectivity index (χ1) is 13.3. The normalized spacial score (nSPS) is 16.1. The van der Waals surface area contributed by atoms with Crippen molar-refractivity contribution in [3.05, 3.63) is 89.7 Å². The minimum Gasteiger partial charge on any atom is -0.300 e. The topological polar surface area (TPSA) is 24.3 Å². The van der Waals surface area contributed by atoms with Crippen LogP contribution in [0.4, 0.5) is 0 Å². The summed E-state index contributed by atoms with van der Waals surface area (Å²) in [6, 6.07) is 22.2. The summed E-state index contributed by atoms with van der Waals surface area (Å²) in [5, 5.41) is 4.27. The molecule has 0 atom stereocenters. The average molecular weight is 361 g/mol. The molecule has 3 aromatic rings. The first kappa shape index (κ1) is 18.0. The van der Waals surface area contributed by atoms with Crippen LogP contribution in [0.5, 0.6) is 0 Å². The summed E-state index contributed by atoms with van der Waals surface area (Å²) >= 11 is 0. The smallest absolute Gasteiger partial charge is 0.0602 e. The van der Waals surface area contributed by atoms with Crippen molar-refractivity contribution in [1.82, 2.24) is 19.6 Å². The van der Waals surface area contributed by atoms with Crippen molar-refractivity contribution in [2.75, 3.05) is 32.7 Å². The van der Waals surface area contributed by atoms with E-state index in [9.17, 15) is 0 Å². The van der Waals surface area contributed by atoms with Crippen LogP contribution in [-0.4, -0.2) is 52.3 Å². The van der Waals surface area contributed by atoms with Gasteiger partial charge in [-0.15, -0.1) is 0 Å². The molecular weight excluding hydrogens is 332 g/mol. The highest BCUT2D eigenvalue weighted by molar-refractivity contribution is 5.31. The lowest BCUT2D eigenvalue weighted by molar-refractivity contribution is 0.110. The van der Waals surface area contributed by atoms with E-state index in [1.165, 1.54) is 16.7 Å². The minimum atomic E-state index is 0.341. The Bertz CT molecular complexity index is 780. The van der Waals surface area contributed by atoms with E-state index in [2.05, 4.69) is 81.8 Å². The standard InChI is InChI=1S/C23H28N4/c1-25-19-20(18-24-25)12-13-26-14-16-27(17-15-26)23(21-8-4-2-5-9-21)22-10-6-3-7-11-22/h2-11,18-19,23H,12-17H2,1H3. The number of hydrogen-bond acceptors (Lipinski definition) is 3. The molecule has 4 nitrogen and oxygen atoms in total. The molecule has 1 aliphatic rings. The zero-order valence-corrected chi connectivity index (χ0v) is 16.0. The van der Waals surface area contributed by atoms with Gasteiger partial charge in [-0.25, -0.2) is 0 Å². The molecule has 0 bridgehead atoms. The van der Waals surface area contributed by atoms with Crippen LogP contribution in [-0.2, 0) is 13.5 Å². The molecule has 27 heavy (non-hydrogen) atoms. The molecule has 0 unspecified atom stereocenters. The van der Waals surface area contributed by atoms with Gasteiger partial charge in [-0.3, -0.25) is 9.58 Å². The van der Waals surface area contributed by atoms with Crippen LogP contribution in [0, 0.1) is 0 Å². The van der Waals surface area contributed by atoms with Gasteiger partial charge in [-0.05, 0) is 23.1 Å². The summed E-state index contributed by atoms with van der Waals surface area (Å²) in [7, 11) is 1.98. The Balaban J connectivity index is 1.41. The van der Waals surface area contributed by atoms with Gasteiger partial charge < -0.3 is 4.90 Å². The first-order valence-corrected chi connectivity index (χ1v) is 9.83. The second-order valence-corrected chi connectivity index (χ2v) is 7.37. The highest BCUT2D eigenvalue weighted by Gasteiger charge is 2.26. The summed E-state index contributed by atoms with van der Waals surface area (Å²) in [6.45, 7) is 5.55. The molecule has 4 rings (SSSR count). The van der Waals surface area contributed by atoms with Crippen molar-refractivity contribution in [3.63, 3.8) is 0 Å². The number of hydrogen-bond donors (Lipinski definition) is 0. The summed E-state index contributed by atoms with van der Waals surface area (Å²) in [6.07, 6.45) is 5.18. The summed E-state index contributed by atoms with van der Waals surface area (Å²) in [5.74, 6) is 0. The van der Waals surface area contributed by atoms with E-state index in [1.54, 1.807) is 0 Å². The Morgan fingerprint density at radius 1 is 0.852 bits per heavy atom. The quantitative estimate of drug-likeness (QED) is 0.674. The molecule has 0 saturated carbocycles. The maximum absolute atomic E-state index is 4.27. The number of nitrogens with zero attached hydrogens (tertiary/aromatic N) is 4. The van der Waals surface area contributed by atoms with Gasteiger partial charge in [0.2, 0.25) is 0 Å². The predicted octanol–water partition coefficient (Wildman–Crippen LogP) is 3.37. The zero-order chi connectivity index (χ0) is 18.5. The number of aryl methyl sites for hydroxylation is 1. The third-order valence-corrected chi connectivity index (χ3v) is 5.48. The SMILES string of the molecule is Cn1cc(CCN2CCN(C(c3ccccc3)c3ccccc3)CC2)cn1. The second-order valence-electron chi connectivity index (χ2n) is 7.37. The van der Waals surface area contributed by atoms with Gasteiger partial charge in [0.1, 0.15) is 0 Å². The molecular formula is C23H28N4. The molecule has 1 fully saturated rings. The van der Waals surface area contributed by atoms with Crippen molar-refractivity contribution in [2.45, 2.75) is 12.5 Å². The Morgan fingerprint density at radius 2 is 1.44 bits per heavy atom. The number of piperazine rings is 1. The maximum atomic E-state index is 4.27. The van der Waals surface area contributed by atoms with Crippen molar-refractivity contribution in [2.24, 2.45) is 7.05 Å². The zero-order valence-electron chi connectivity index (χ0n) is 16.0. The van der Waals surface area contributed by atoms with Gasteiger partial charge in [0.15, 0.2) is 0 Å². The molecule has 2 aromatic carbocycles. The van der Waals surface area contributed by atoms with Gasteiger partial charge >= 0.3 is 0 Å².